The zero-order valence-corrected chi connectivity index (χ0v) is 17.7. The Hall–Kier alpha value is -3.65. The van der Waals surface area contributed by atoms with Crippen molar-refractivity contribution in [3.63, 3.8) is 0 Å². The van der Waals surface area contributed by atoms with E-state index < -0.39 is 6.04 Å². The van der Waals surface area contributed by atoms with Gasteiger partial charge in [0, 0.05) is 23.1 Å². The molecule has 0 radical (unpaired) electrons. The largest absolute Gasteiger partial charge is 0.497 e. The Balaban J connectivity index is 1.75. The van der Waals surface area contributed by atoms with Crippen molar-refractivity contribution < 1.29 is 14.6 Å². The van der Waals surface area contributed by atoms with Crippen LogP contribution in [0.15, 0.2) is 60.8 Å². The number of anilines is 4. The van der Waals surface area contributed by atoms with Gasteiger partial charge in [-0.05, 0) is 50.2 Å². The van der Waals surface area contributed by atoms with Crippen LogP contribution in [0.25, 0.3) is 0 Å². The number of rotatable bonds is 6. The molecule has 4 rings (SSSR count). The zero-order chi connectivity index (χ0) is 22.0. The van der Waals surface area contributed by atoms with Gasteiger partial charge in [0.1, 0.15) is 11.6 Å². The van der Waals surface area contributed by atoms with Gasteiger partial charge in [0.05, 0.1) is 25.8 Å². The normalized spacial score (nSPS) is 16.6. The number of methoxy groups -OCH3 is 1. The van der Waals surface area contributed by atoms with Gasteiger partial charge in [-0.1, -0.05) is 18.2 Å². The molecule has 2 N–H and O–H groups in total. The Labute approximate surface area is 181 Å². The molecule has 2 aromatic carbocycles. The van der Waals surface area contributed by atoms with E-state index >= 15 is 0 Å². The van der Waals surface area contributed by atoms with E-state index in [9.17, 15) is 9.90 Å². The molecule has 8 heteroatoms. The van der Waals surface area contributed by atoms with E-state index in [1.807, 2.05) is 61.5 Å². The van der Waals surface area contributed by atoms with Crippen molar-refractivity contribution in [2.45, 2.75) is 25.9 Å². The van der Waals surface area contributed by atoms with Gasteiger partial charge in [0.25, 0.3) is 0 Å². The van der Waals surface area contributed by atoms with Crippen molar-refractivity contribution in [1.82, 2.24) is 9.97 Å². The lowest BCUT2D eigenvalue weighted by molar-refractivity contribution is 0.233. The molecule has 8 nitrogen and oxygen atoms in total. The maximum absolute atomic E-state index is 13.6. The summed E-state index contributed by atoms with van der Waals surface area (Å²) in [6.07, 6.45) is 1.73. The van der Waals surface area contributed by atoms with Gasteiger partial charge in [0.2, 0.25) is 5.95 Å². The zero-order valence-electron chi connectivity index (χ0n) is 17.7. The topological polar surface area (TPSA) is 90.8 Å². The first-order valence-corrected chi connectivity index (χ1v) is 10.1. The van der Waals surface area contributed by atoms with Crippen LogP contribution in [-0.2, 0) is 0 Å². The third-order valence-corrected chi connectivity index (χ3v) is 5.36. The lowest BCUT2D eigenvalue weighted by atomic mass is 10.0. The molecule has 0 aliphatic carbocycles. The second-order valence-corrected chi connectivity index (χ2v) is 7.39. The third kappa shape index (κ3) is 3.89. The molecule has 2 heterocycles. The number of aliphatic hydroxyl groups is 1. The molecule has 0 spiro atoms. The average molecular weight is 419 g/mol. The van der Waals surface area contributed by atoms with Crippen LogP contribution in [-0.4, -0.2) is 40.9 Å². The van der Waals surface area contributed by atoms with Crippen molar-refractivity contribution in [3.05, 3.63) is 66.4 Å². The van der Waals surface area contributed by atoms with Crippen LogP contribution in [0.3, 0.4) is 0 Å². The molecule has 1 aliphatic rings. The van der Waals surface area contributed by atoms with E-state index in [2.05, 4.69) is 15.3 Å². The minimum atomic E-state index is -0.459. The molecular weight excluding hydrogens is 394 g/mol. The first-order chi connectivity index (χ1) is 15.0. The number of aliphatic hydroxyl groups excluding tert-OH is 1. The number of carbonyl (C=O) groups is 1. The summed E-state index contributed by atoms with van der Waals surface area (Å²) in [6, 6.07) is 15.9. The van der Waals surface area contributed by atoms with E-state index in [1.165, 1.54) is 4.90 Å². The fourth-order valence-corrected chi connectivity index (χ4v) is 3.65. The van der Waals surface area contributed by atoms with E-state index in [1.54, 1.807) is 25.1 Å². The van der Waals surface area contributed by atoms with Gasteiger partial charge in [-0.2, -0.15) is 4.98 Å². The molecule has 0 saturated carbocycles. The van der Waals surface area contributed by atoms with Crippen molar-refractivity contribution in [3.8, 4) is 5.75 Å². The van der Waals surface area contributed by atoms with E-state index in [4.69, 9.17) is 4.74 Å². The second kappa shape index (κ2) is 8.61. The van der Waals surface area contributed by atoms with Crippen LogP contribution in [0.1, 0.15) is 25.5 Å². The number of nitrogens with one attached hydrogen (secondary N) is 1. The molecule has 0 fully saturated rings. The third-order valence-electron chi connectivity index (χ3n) is 5.36. The first-order valence-electron chi connectivity index (χ1n) is 10.1. The summed E-state index contributed by atoms with van der Waals surface area (Å²) in [6.45, 7) is 3.54. The molecule has 2 unspecified atom stereocenters. The van der Waals surface area contributed by atoms with Crippen LogP contribution in [0.2, 0.25) is 0 Å². The van der Waals surface area contributed by atoms with E-state index in [0.717, 1.165) is 16.9 Å². The second-order valence-electron chi connectivity index (χ2n) is 7.39. The van der Waals surface area contributed by atoms with Gasteiger partial charge in [0.15, 0.2) is 0 Å². The number of carbonyl (C=O) groups excluding carboxylic acids is 1. The number of benzene rings is 2. The summed E-state index contributed by atoms with van der Waals surface area (Å²) in [5.74, 6) is 1.59. The van der Waals surface area contributed by atoms with Gasteiger partial charge in [-0.25, -0.2) is 9.78 Å². The highest BCUT2D eigenvalue weighted by Crippen LogP contribution is 2.39. The predicted octanol–water partition coefficient (Wildman–Crippen LogP) is 4.12. The summed E-state index contributed by atoms with van der Waals surface area (Å²) >= 11 is 0. The number of nitrogens with zero attached hydrogens (tertiary/aromatic N) is 4. The molecule has 2 atom stereocenters. The van der Waals surface area contributed by atoms with Gasteiger partial charge in [-0.3, -0.25) is 9.80 Å². The molecule has 1 aromatic heterocycles. The first kappa shape index (κ1) is 20.6. The Morgan fingerprint density at radius 2 is 1.87 bits per heavy atom. The van der Waals surface area contributed by atoms with Crippen LogP contribution >= 0.6 is 0 Å². The molecule has 0 bridgehead atoms. The summed E-state index contributed by atoms with van der Waals surface area (Å²) in [7, 11) is 1.60. The lowest BCUT2D eigenvalue weighted by Gasteiger charge is -2.42. The fourth-order valence-electron chi connectivity index (χ4n) is 3.65. The number of fused-ring (bicyclic) bond motifs is 1. The highest BCUT2D eigenvalue weighted by atomic mass is 16.5. The summed E-state index contributed by atoms with van der Waals surface area (Å²) < 4.78 is 5.23. The summed E-state index contributed by atoms with van der Waals surface area (Å²) in [5, 5.41) is 13.0. The maximum atomic E-state index is 13.6. The fraction of sp³-hybridized carbons (Fsp3) is 0.261. The van der Waals surface area contributed by atoms with Crippen molar-refractivity contribution in [2.24, 2.45) is 0 Å². The standard InChI is InChI=1S/C23H25N5O3/c1-15(14-29)27-21-20(13-24-22(26-21)25-17-7-5-4-6-8-17)16(2)28(23(27)30)18-9-11-19(31-3)12-10-18/h4-13,15-16,29H,14H2,1-3H3,(H,24,25,26). The SMILES string of the molecule is COc1ccc(N2C(=O)N(C(C)CO)c3nc(Nc4ccccc4)ncc3C2C)cc1. The van der Waals surface area contributed by atoms with Crippen LogP contribution in [0, 0.1) is 0 Å². The lowest BCUT2D eigenvalue weighted by Crippen LogP contribution is -2.54. The van der Waals surface area contributed by atoms with Crippen LogP contribution in [0.5, 0.6) is 5.75 Å². The molecule has 31 heavy (non-hydrogen) atoms. The van der Waals surface area contributed by atoms with Crippen molar-refractivity contribution >= 4 is 29.2 Å². The minimum absolute atomic E-state index is 0.193. The van der Waals surface area contributed by atoms with E-state index in [-0.39, 0.29) is 18.7 Å². The number of amides is 2. The van der Waals surface area contributed by atoms with Crippen molar-refractivity contribution in [1.29, 1.82) is 0 Å². The molecule has 3 aromatic rings. The van der Waals surface area contributed by atoms with Crippen molar-refractivity contribution in [2.75, 3.05) is 28.8 Å². The number of hydrogen-bond donors (Lipinski definition) is 2. The Kier molecular flexibility index (Phi) is 5.73. The molecule has 2 amide bonds. The molecule has 160 valence electrons. The Morgan fingerprint density at radius 1 is 1.16 bits per heavy atom. The highest BCUT2D eigenvalue weighted by molar-refractivity contribution is 6.06. The maximum Gasteiger partial charge on any atom is 0.331 e. The molecular formula is C23H25N5O3. The minimum Gasteiger partial charge on any atom is -0.497 e. The van der Waals surface area contributed by atoms with Crippen LogP contribution < -0.4 is 19.9 Å². The smallest absolute Gasteiger partial charge is 0.331 e. The number of para-hydroxylation sites is 1. The van der Waals surface area contributed by atoms with Crippen LogP contribution in [0.4, 0.5) is 27.9 Å². The quantitative estimate of drug-likeness (QED) is 0.625. The summed E-state index contributed by atoms with van der Waals surface area (Å²) in [5.41, 5.74) is 2.37. The number of aromatic nitrogens is 2. The highest BCUT2D eigenvalue weighted by Gasteiger charge is 2.40. The number of ether oxygens (including phenoxy) is 1. The van der Waals surface area contributed by atoms with E-state index in [0.29, 0.717) is 17.5 Å². The number of urea groups is 1. The summed E-state index contributed by atoms with van der Waals surface area (Å²) in [4.78, 5) is 25.9. The molecule has 1 aliphatic heterocycles. The monoisotopic (exact) mass is 419 g/mol. The number of hydrogen-bond acceptors (Lipinski definition) is 6. The average Bonchev–Trinajstić information content (AvgIpc) is 2.80. The predicted molar refractivity (Wildman–Crippen MR) is 120 cm³/mol. The Morgan fingerprint density at radius 3 is 2.52 bits per heavy atom. The van der Waals surface area contributed by atoms with Gasteiger partial charge in [-0.15, -0.1) is 0 Å². The van der Waals surface area contributed by atoms with Gasteiger partial charge >= 0.3 is 6.03 Å². The van der Waals surface area contributed by atoms with Gasteiger partial charge < -0.3 is 15.2 Å². The molecule has 0 saturated heterocycles. The Bertz CT molecular complexity index is 1060.